The lowest BCUT2D eigenvalue weighted by atomic mass is 10.1. The zero-order valence-corrected chi connectivity index (χ0v) is 12.6. The van der Waals surface area contributed by atoms with Gasteiger partial charge in [0.25, 0.3) is 0 Å². The van der Waals surface area contributed by atoms with Crippen LogP contribution in [0.5, 0.6) is 5.75 Å². The van der Waals surface area contributed by atoms with Gasteiger partial charge in [0.1, 0.15) is 12.4 Å². The van der Waals surface area contributed by atoms with Gasteiger partial charge < -0.3 is 9.47 Å². The maximum Gasteiger partial charge on any atom is 0.513 e. The Morgan fingerprint density at radius 2 is 1.79 bits per heavy atom. The number of aryl methyl sites for hydroxylation is 1. The van der Waals surface area contributed by atoms with E-state index in [2.05, 4.69) is 9.72 Å². The van der Waals surface area contributed by atoms with E-state index in [1.807, 2.05) is 0 Å². The smallest absolute Gasteiger partial charge is 0.434 e. The number of halogens is 5. The molecule has 0 N–H and O–H groups in total. The molecule has 2 rings (SSSR count). The summed E-state index contributed by atoms with van der Waals surface area (Å²) in [6.07, 6.45) is -7.17. The summed E-state index contributed by atoms with van der Waals surface area (Å²) in [5.41, 5.74) is 0.767. The van der Waals surface area contributed by atoms with Crippen molar-refractivity contribution >= 4 is 17.1 Å². The molecule has 0 amide bonds. The van der Waals surface area contributed by atoms with Gasteiger partial charge in [0.05, 0.1) is 11.9 Å². The highest BCUT2D eigenvalue weighted by molar-refractivity contribution is 5.88. The molecule has 0 aliphatic carbocycles. The molecule has 0 atom stereocenters. The molecule has 0 saturated carbocycles. The Bertz CT molecular complexity index is 784. The summed E-state index contributed by atoms with van der Waals surface area (Å²) >= 11 is 0. The van der Waals surface area contributed by atoms with Crippen molar-refractivity contribution in [2.45, 2.75) is 26.4 Å². The summed E-state index contributed by atoms with van der Waals surface area (Å²) in [5.74, 6) is -2.45. The number of pyridine rings is 1. The number of hydrogen-bond acceptors (Lipinski definition) is 4. The minimum Gasteiger partial charge on any atom is -0.434 e. The number of hydrogen-bond donors (Lipinski definition) is 0. The van der Waals surface area contributed by atoms with E-state index in [0.717, 1.165) is 12.1 Å². The van der Waals surface area contributed by atoms with Gasteiger partial charge in [-0.3, -0.25) is 4.98 Å². The Morgan fingerprint density at radius 3 is 2.42 bits per heavy atom. The fourth-order valence-electron chi connectivity index (χ4n) is 1.94. The van der Waals surface area contributed by atoms with Crippen LogP contribution in [0.3, 0.4) is 0 Å². The summed E-state index contributed by atoms with van der Waals surface area (Å²) < 4.78 is 72.0. The van der Waals surface area contributed by atoms with Crippen LogP contribution in [0.25, 0.3) is 10.9 Å². The molecule has 24 heavy (non-hydrogen) atoms. The molecule has 1 heterocycles. The third-order valence-corrected chi connectivity index (χ3v) is 3.25. The van der Waals surface area contributed by atoms with Crippen LogP contribution >= 0.6 is 0 Å². The summed E-state index contributed by atoms with van der Waals surface area (Å²) in [5, 5.41) is 0.00442. The number of nitrogens with zero attached hydrogens (tertiary/aromatic N) is 1. The number of rotatable bonds is 3. The van der Waals surface area contributed by atoms with Gasteiger partial charge in [-0.05, 0) is 19.9 Å². The summed E-state index contributed by atoms with van der Waals surface area (Å²) in [6.45, 7) is 2.16. The van der Waals surface area contributed by atoms with Crippen LogP contribution in [0.15, 0.2) is 12.1 Å². The molecule has 1 aromatic heterocycles. The predicted octanol–water partition coefficient (Wildman–Crippen LogP) is 4.60. The molecular weight excluding hydrogens is 337 g/mol. The summed E-state index contributed by atoms with van der Waals surface area (Å²) in [6, 6.07) is 1.63. The fourth-order valence-corrected chi connectivity index (χ4v) is 1.94. The molecule has 0 aliphatic rings. The summed E-state index contributed by atoms with van der Waals surface area (Å²) in [7, 11) is 0. The first kappa shape index (κ1) is 17.9. The van der Waals surface area contributed by atoms with Crippen LogP contribution in [0.2, 0.25) is 0 Å². The van der Waals surface area contributed by atoms with Crippen LogP contribution in [0.1, 0.15) is 17.7 Å². The van der Waals surface area contributed by atoms with Gasteiger partial charge in [-0.1, -0.05) is 0 Å². The van der Waals surface area contributed by atoms with E-state index >= 15 is 0 Å². The molecule has 4 nitrogen and oxygen atoms in total. The number of benzene rings is 1. The predicted molar refractivity (Wildman–Crippen MR) is 73.8 cm³/mol. The van der Waals surface area contributed by atoms with Crippen molar-refractivity contribution in [3.05, 3.63) is 35.0 Å². The topological polar surface area (TPSA) is 48.4 Å². The van der Waals surface area contributed by atoms with Crippen molar-refractivity contribution < 1.29 is 36.2 Å². The molecule has 0 bridgehead atoms. The fraction of sp³-hybridized carbons (Fsp3) is 0.333. The Kier molecular flexibility index (Phi) is 4.91. The Hall–Kier alpha value is -2.45. The Balaban J connectivity index is 2.29. The zero-order chi connectivity index (χ0) is 18.1. The quantitative estimate of drug-likeness (QED) is 0.600. The van der Waals surface area contributed by atoms with Gasteiger partial charge in [-0.2, -0.15) is 13.2 Å². The van der Waals surface area contributed by atoms with E-state index in [4.69, 9.17) is 4.74 Å². The van der Waals surface area contributed by atoms with Crippen LogP contribution in [-0.2, 0) is 4.74 Å². The van der Waals surface area contributed by atoms with E-state index in [1.165, 1.54) is 6.92 Å². The molecule has 0 fully saturated rings. The first-order valence-corrected chi connectivity index (χ1v) is 6.76. The van der Waals surface area contributed by atoms with Crippen LogP contribution in [0, 0.1) is 25.5 Å². The molecule has 2 aromatic rings. The van der Waals surface area contributed by atoms with Crippen LogP contribution in [0.4, 0.5) is 26.7 Å². The molecule has 0 saturated heterocycles. The number of carbonyl (C=O) groups is 1. The van der Waals surface area contributed by atoms with Gasteiger partial charge in [-0.25, -0.2) is 13.6 Å². The standard InChI is InChI=1S/C15H12F5NO3/c1-7-8(2)21-12-6-11(17)10(16)5-9(12)13(7)24-14(22)23-4-3-15(18,19)20/h5-6H,3-4H2,1-2H3. The molecular formula is C15H12F5NO3. The number of ether oxygens (including phenoxy) is 2. The lowest BCUT2D eigenvalue weighted by molar-refractivity contribution is -0.141. The molecule has 0 aliphatic heterocycles. The highest BCUT2D eigenvalue weighted by Crippen LogP contribution is 2.32. The largest absolute Gasteiger partial charge is 0.513 e. The minimum atomic E-state index is -4.48. The number of aromatic nitrogens is 1. The maximum absolute atomic E-state index is 13.4. The lowest BCUT2D eigenvalue weighted by Gasteiger charge is -2.13. The van der Waals surface area contributed by atoms with Crippen molar-refractivity contribution in [1.29, 1.82) is 0 Å². The number of fused-ring (bicyclic) bond motifs is 1. The summed E-state index contributed by atoms with van der Waals surface area (Å²) in [4.78, 5) is 15.6. The van der Waals surface area contributed by atoms with Crippen molar-refractivity contribution in [3.63, 3.8) is 0 Å². The average molecular weight is 349 g/mol. The molecule has 130 valence electrons. The SMILES string of the molecule is Cc1nc2cc(F)c(F)cc2c(OC(=O)OCCC(F)(F)F)c1C. The average Bonchev–Trinajstić information content (AvgIpc) is 2.45. The third-order valence-electron chi connectivity index (χ3n) is 3.25. The number of alkyl halides is 3. The second-order valence-corrected chi connectivity index (χ2v) is 5.00. The van der Waals surface area contributed by atoms with E-state index in [-0.39, 0.29) is 16.7 Å². The Morgan fingerprint density at radius 1 is 1.17 bits per heavy atom. The first-order chi connectivity index (χ1) is 11.1. The molecule has 0 spiro atoms. The highest BCUT2D eigenvalue weighted by Gasteiger charge is 2.27. The van der Waals surface area contributed by atoms with E-state index < -0.39 is 37.0 Å². The highest BCUT2D eigenvalue weighted by atomic mass is 19.4. The third kappa shape index (κ3) is 4.09. The first-order valence-electron chi connectivity index (χ1n) is 6.76. The molecule has 9 heteroatoms. The Labute approximate surface area is 133 Å². The van der Waals surface area contributed by atoms with Crippen molar-refractivity contribution in [1.82, 2.24) is 4.98 Å². The van der Waals surface area contributed by atoms with Gasteiger partial charge in [0.2, 0.25) is 0 Å². The lowest BCUT2D eigenvalue weighted by Crippen LogP contribution is -2.17. The zero-order valence-electron chi connectivity index (χ0n) is 12.6. The molecule has 0 unspecified atom stereocenters. The van der Waals surface area contributed by atoms with Crippen molar-refractivity contribution in [2.24, 2.45) is 0 Å². The van der Waals surface area contributed by atoms with Crippen molar-refractivity contribution in [3.8, 4) is 5.75 Å². The number of carbonyl (C=O) groups excluding carboxylic acids is 1. The molecule has 1 aromatic carbocycles. The van der Waals surface area contributed by atoms with E-state index in [1.54, 1.807) is 6.92 Å². The van der Waals surface area contributed by atoms with Gasteiger partial charge in [0, 0.05) is 22.7 Å². The molecule has 0 radical (unpaired) electrons. The van der Waals surface area contributed by atoms with Crippen LogP contribution in [-0.4, -0.2) is 23.9 Å². The van der Waals surface area contributed by atoms with Gasteiger partial charge in [-0.15, -0.1) is 0 Å². The van der Waals surface area contributed by atoms with Crippen LogP contribution < -0.4 is 4.74 Å². The normalized spacial score (nSPS) is 11.6. The second kappa shape index (κ2) is 6.58. The monoisotopic (exact) mass is 349 g/mol. The van der Waals surface area contributed by atoms with Gasteiger partial charge in [0.15, 0.2) is 11.6 Å². The second-order valence-electron chi connectivity index (χ2n) is 5.00. The van der Waals surface area contributed by atoms with Gasteiger partial charge >= 0.3 is 12.3 Å². The minimum absolute atomic E-state index is 0.00442. The van der Waals surface area contributed by atoms with E-state index in [9.17, 15) is 26.7 Å². The van der Waals surface area contributed by atoms with Crippen molar-refractivity contribution in [2.75, 3.05) is 6.61 Å². The maximum atomic E-state index is 13.4. The van der Waals surface area contributed by atoms with E-state index in [0.29, 0.717) is 11.3 Å².